The number of likely N-dealkylation sites (tertiary alicyclic amines) is 1. The zero-order valence-electron chi connectivity index (χ0n) is 10.6. The smallest absolute Gasteiger partial charge is 0.00728 e. The van der Waals surface area contributed by atoms with Crippen molar-refractivity contribution >= 4 is 0 Å². The molecule has 0 amide bonds. The lowest BCUT2D eigenvalue weighted by molar-refractivity contribution is 0.239. The van der Waals surface area contributed by atoms with E-state index < -0.39 is 0 Å². The van der Waals surface area contributed by atoms with Crippen LogP contribution in [0.3, 0.4) is 0 Å². The summed E-state index contributed by atoms with van der Waals surface area (Å²) < 4.78 is 0. The lowest BCUT2D eigenvalue weighted by atomic mass is 9.89. The molecule has 0 radical (unpaired) electrons. The SMILES string of the molecule is CC1CCN(CCC2CC3CCC(C2)N3)C1. The monoisotopic (exact) mass is 222 g/mol. The minimum Gasteiger partial charge on any atom is -0.311 e. The zero-order valence-corrected chi connectivity index (χ0v) is 10.6. The topological polar surface area (TPSA) is 15.3 Å². The Bertz CT molecular complexity index is 229. The first-order chi connectivity index (χ1) is 7.79. The Balaban J connectivity index is 1.42. The molecule has 3 aliphatic heterocycles. The van der Waals surface area contributed by atoms with E-state index in [-0.39, 0.29) is 0 Å². The molecule has 3 aliphatic rings. The van der Waals surface area contributed by atoms with Gasteiger partial charge in [-0.3, -0.25) is 0 Å². The maximum absolute atomic E-state index is 3.74. The summed E-state index contributed by atoms with van der Waals surface area (Å²) in [5.74, 6) is 1.97. The maximum Gasteiger partial charge on any atom is 0.00728 e. The van der Waals surface area contributed by atoms with Crippen molar-refractivity contribution in [1.29, 1.82) is 0 Å². The molecule has 3 saturated heterocycles. The van der Waals surface area contributed by atoms with Crippen molar-refractivity contribution < 1.29 is 0 Å². The molecule has 2 nitrogen and oxygen atoms in total. The fourth-order valence-electron chi connectivity index (χ4n) is 4.01. The standard InChI is InChI=1S/C14H26N2/c1-11-4-6-16(10-11)7-5-12-8-13-2-3-14(9-12)15-13/h11-15H,2-10H2,1H3. The highest BCUT2D eigenvalue weighted by atomic mass is 15.1. The Morgan fingerprint density at radius 2 is 1.88 bits per heavy atom. The Labute approximate surface area is 99.8 Å². The quantitative estimate of drug-likeness (QED) is 0.788. The van der Waals surface area contributed by atoms with Gasteiger partial charge in [0.2, 0.25) is 0 Å². The number of rotatable bonds is 3. The van der Waals surface area contributed by atoms with E-state index in [9.17, 15) is 0 Å². The Morgan fingerprint density at radius 1 is 1.12 bits per heavy atom. The van der Waals surface area contributed by atoms with Gasteiger partial charge < -0.3 is 10.2 Å². The molecule has 3 fully saturated rings. The molecule has 0 aromatic heterocycles. The van der Waals surface area contributed by atoms with Gasteiger partial charge in [0.1, 0.15) is 0 Å². The molecule has 1 N–H and O–H groups in total. The van der Waals surface area contributed by atoms with Crippen LogP contribution in [-0.2, 0) is 0 Å². The summed E-state index contributed by atoms with van der Waals surface area (Å²) in [5, 5.41) is 3.74. The molecule has 0 aromatic carbocycles. The third-order valence-corrected chi connectivity index (χ3v) is 4.93. The van der Waals surface area contributed by atoms with Crippen LogP contribution in [0.5, 0.6) is 0 Å². The van der Waals surface area contributed by atoms with Crippen LogP contribution in [0.4, 0.5) is 0 Å². The van der Waals surface area contributed by atoms with Crippen LogP contribution in [0, 0.1) is 11.8 Å². The number of fused-ring (bicyclic) bond motifs is 2. The summed E-state index contributed by atoms with van der Waals surface area (Å²) in [6.45, 7) is 6.48. The van der Waals surface area contributed by atoms with Crippen molar-refractivity contribution in [2.75, 3.05) is 19.6 Å². The van der Waals surface area contributed by atoms with Crippen molar-refractivity contribution in [1.82, 2.24) is 10.2 Å². The Morgan fingerprint density at radius 3 is 2.50 bits per heavy atom. The number of hydrogen-bond donors (Lipinski definition) is 1. The third kappa shape index (κ3) is 2.43. The zero-order chi connectivity index (χ0) is 11.0. The van der Waals surface area contributed by atoms with E-state index in [1.54, 1.807) is 0 Å². The first-order valence-electron chi connectivity index (χ1n) is 7.28. The molecule has 3 heterocycles. The lowest BCUT2D eigenvalue weighted by Crippen LogP contribution is -2.39. The predicted octanol–water partition coefficient (Wildman–Crippen LogP) is 2.25. The summed E-state index contributed by atoms with van der Waals surface area (Å²) in [7, 11) is 0. The predicted molar refractivity (Wildman–Crippen MR) is 67.5 cm³/mol. The van der Waals surface area contributed by atoms with Crippen molar-refractivity contribution in [3.05, 3.63) is 0 Å². The van der Waals surface area contributed by atoms with Gasteiger partial charge in [-0.2, -0.15) is 0 Å². The van der Waals surface area contributed by atoms with Crippen molar-refractivity contribution in [2.45, 2.75) is 57.5 Å². The molecule has 0 aromatic rings. The van der Waals surface area contributed by atoms with Crippen LogP contribution >= 0.6 is 0 Å². The van der Waals surface area contributed by atoms with Crippen LogP contribution < -0.4 is 5.32 Å². The number of nitrogens with zero attached hydrogens (tertiary/aromatic N) is 1. The highest BCUT2D eigenvalue weighted by molar-refractivity contribution is 4.92. The van der Waals surface area contributed by atoms with Crippen LogP contribution in [0.25, 0.3) is 0 Å². The van der Waals surface area contributed by atoms with Crippen LogP contribution in [0.1, 0.15) is 45.4 Å². The minimum absolute atomic E-state index is 0.876. The van der Waals surface area contributed by atoms with E-state index in [1.807, 2.05) is 0 Å². The molecule has 3 unspecified atom stereocenters. The normalized spacial score (nSPS) is 44.1. The summed E-state index contributed by atoms with van der Waals surface area (Å²) in [4.78, 5) is 2.69. The fourth-order valence-corrected chi connectivity index (χ4v) is 4.01. The van der Waals surface area contributed by atoms with E-state index in [0.717, 1.165) is 23.9 Å². The molecule has 16 heavy (non-hydrogen) atoms. The minimum atomic E-state index is 0.876. The molecule has 3 rings (SSSR count). The van der Waals surface area contributed by atoms with E-state index in [2.05, 4.69) is 17.1 Å². The van der Waals surface area contributed by atoms with E-state index in [0.29, 0.717) is 0 Å². The number of nitrogens with one attached hydrogen (secondary N) is 1. The highest BCUT2D eigenvalue weighted by Gasteiger charge is 2.33. The summed E-state index contributed by atoms with van der Waals surface area (Å²) in [6, 6.07) is 1.75. The molecule has 2 bridgehead atoms. The van der Waals surface area contributed by atoms with Gasteiger partial charge in [-0.05, 0) is 63.5 Å². The second-order valence-electron chi connectivity index (χ2n) is 6.46. The van der Waals surface area contributed by atoms with Gasteiger partial charge >= 0.3 is 0 Å². The van der Waals surface area contributed by atoms with Crippen LogP contribution in [0.2, 0.25) is 0 Å². The molecular weight excluding hydrogens is 196 g/mol. The maximum atomic E-state index is 3.74. The average molecular weight is 222 g/mol. The Hall–Kier alpha value is -0.0800. The van der Waals surface area contributed by atoms with E-state index in [1.165, 1.54) is 58.2 Å². The van der Waals surface area contributed by atoms with Gasteiger partial charge in [-0.1, -0.05) is 6.92 Å². The molecular formula is C14H26N2. The molecule has 0 saturated carbocycles. The lowest BCUT2D eigenvalue weighted by Gasteiger charge is -2.30. The first kappa shape index (κ1) is 11.0. The summed E-state index contributed by atoms with van der Waals surface area (Å²) >= 11 is 0. The van der Waals surface area contributed by atoms with Gasteiger partial charge in [0.15, 0.2) is 0 Å². The number of hydrogen-bond acceptors (Lipinski definition) is 2. The molecule has 2 heteroatoms. The Kier molecular flexibility index (Phi) is 3.21. The van der Waals surface area contributed by atoms with E-state index >= 15 is 0 Å². The summed E-state index contributed by atoms with van der Waals surface area (Å²) in [5.41, 5.74) is 0. The fraction of sp³-hybridized carbons (Fsp3) is 1.00. The highest BCUT2D eigenvalue weighted by Crippen LogP contribution is 2.33. The molecule has 92 valence electrons. The largest absolute Gasteiger partial charge is 0.311 e. The van der Waals surface area contributed by atoms with Gasteiger partial charge in [0.25, 0.3) is 0 Å². The van der Waals surface area contributed by atoms with Crippen molar-refractivity contribution in [3.63, 3.8) is 0 Å². The second kappa shape index (κ2) is 4.66. The van der Waals surface area contributed by atoms with Crippen molar-refractivity contribution in [3.8, 4) is 0 Å². The van der Waals surface area contributed by atoms with Crippen LogP contribution in [0.15, 0.2) is 0 Å². The summed E-state index contributed by atoms with van der Waals surface area (Å²) in [6.07, 6.45) is 8.70. The van der Waals surface area contributed by atoms with Crippen LogP contribution in [-0.4, -0.2) is 36.6 Å². The second-order valence-corrected chi connectivity index (χ2v) is 6.46. The van der Waals surface area contributed by atoms with Crippen molar-refractivity contribution in [2.24, 2.45) is 11.8 Å². The molecule has 0 spiro atoms. The van der Waals surface area contributed by atoms with Gasteiger partial charge in [0, 0.05) is 18.6 Å². The third-order valence-electron chi connectivity index (χ3n) is 4.93. The van der Waals surface area contributed by atoms with Gasteiger partial charge in [0.05, 0.1) is 0 Å². The average Bonchev–Trinajstić information content (AvgIpc) is 2.83. The molecule has 3 atom stereocenters. The first-order valence-corrected chi connectivity index (χ1v) is 7.28. The molecule has 0 aliphatic carbocycles. The number of piperidine rings is 1. The van der Waals surface area contributed by atoms with Gasteiger partial charge in [-0.15, -0.1) is 0 Å². The van der Waals surface area contributed by atoms with Gasteiger partial charge in [-0.25, -0.2) is 0 Å². The van der Waals surface area contributed by atoms with E-state index in [4.69, 9.17) is 0 Å².